The van der Waals surface area contributed by atoms with Crippen LogP contribution in [0.1, 0.15) is 5.56 Å². The lowest BCUT2D eigenvalue weighted by atomic mass is 10.2. The van der Waals surface area contributed by atoms with E-state index in [2.05, 4.69) is 0 Å². The number of hydrogen-bond acceptors (Lipinski definition) is 1. The molecule has 1 rings (SSSR count). The fourth-order valence-electron chi connectivity index (χ4n) is 0.826. The summed E-state index contributed by atoms with van der Waals surface area (Å²) in [4.78, 5) is 0. The van der Waals surface area contributed by atoms with Gasteiger partial charge in [-0.15, -0.1) is 0 Å². The Kier molecular flexibility index (Phi) is 3.11. The molecule has 0 radical (unpaired) electrons. The van der Waals surface area contributed by atoms with Gasteiger partial charge in [-0.3, -0.25) is 0 Å². The minimum atomic E-state index is -0.722. The van der Waals surface area contributed by atoms with Crippen LogP contribution >= 0.6 is 11.6 Å². The van der Waals surface area contributed by atoms with Gasteiger partial charge in [-0.1, -0.05) is 23.7 Å². The molecule has 0 aliphatic rings. The third-order valence-electron chi connectivity index (χ3n) is 1.39. The lowest BCUT2D eigenvalue weighted by Crippen LogP contribution is -1.81. The summed E-state index contributed by atoms with van der Waals surface area (Å²) in [5.41, 5.74) is 0.711. The van der Waals surface area contributed by atoms with Crippen LogP contribution in [0.15, 0.2) is 29.6 Å². The van der Waals surface area contributed by atoms with Gasteiger partial charge in [0.25, 0.3) is 0 Å². The van der Waals surface area contributed by atoms with Gasteiger partial charge in [0.2, 0.25) is 0 Å². The molecule has 1 aromatic carbocycles. The molecule has 0 unspecified atom stereocenters. The average Bonchev–Trinajstić information content (AvgIpc) is 2.05. The smallest absolute Gasteiger partial charge is 0.189 e. The van der Waals surface area contributed by atoms with Gasteiger partial charge in [-0.25, -0.2) is 0 Å². The van der Waals surface area contributed by atoms with E-state index in [1.165, 1.54) is 6.08 Å². The van der Waals surface area contributed by atoms with Crippen molar-refractivity contribution in [1.29, 1.82) is 0 Å². The summed E-state index contributed by atoms with van der Waals surface area (Å²) < 4.78 is 17.1. The van der Waals surface area contributed by atoms with Crippen LogP contribution in [0.2, 0.25) is 0 Å². The molecular formula is C9H8ClFO. The molecule has 0 amide bonds. The van der Waals surface area contributed by atoms with Crippen LogP contribution in [0.3, 0.4) is 0 Å². The summed E-state index contributed by atoms with van der Waals surface area (Å²) >= 11 is 5.05. The Morgan fingerprint density at radius 2 is 2.00 bits per heavy atom. The van der Waals surface area contributed by atoms with E-state index in [0.717, 1.165) is 5.75 Å². The van der Waals surface area contributed by atoms with Crippen LogP contribution in [0, 0.1) is 0 Å². The molecule has 0 aliphatic carbocycles. The maximum atomic E-state index is 12.2. The fraction of sp³-hybridized carbons (Fsp3) is 0.111. The highest BCUT2D eigenvalue weighted by molar-refractivity contribution is 6.30. The summed E-state index contributed by atoms with van der Waals surface area (Å²) in [7, 11) is 1.58. The monoisotopic (exact) mass is 186 g/mol. The first-order valence-electron chi connectivity index (χ1n) is 3.39. The lowest BCUT2D eigenvalue weighted by Gasteiger charge is -1.98. The number of rotatable bonds is 2. The van der Waals surface area contributed by atoms with Gasteiger partial charge < -0.3 is 4.74 Å². The second-order valence-electron chi connectivity index (χ2n) is 2.21. The first-order valence-corrected chi connectivity index (χ1v) is 3.77. The summed E-state index contributed by atoms with van der Waals surface area (Å²) in [5, 5.41) is -0.722. The van der Waals surface area contributed by atoms with Gasteiger partial charge >= 0.3 is 0 Å². The van der Waals surface area contributed by atoms with Crippen LogP contribution in [0.4, 0.5) is 4.39 Å². The van der Waals surface area contributed by atoms with Crippen LogP contribution in [0.25, 0.3) is 6.08 Å². The number of halogens is 2. The number of benzene rings is 1. The highest BCUT2D eigenvalue weighted by Gasteiger charge is 1.92. The molecule has 0 saturated carbocycles. The minimum absolute atomic E-state index is 0.711. The average molecular weight is 187 g/mol. The molecule has 12 heavy (non-hydrogen) atoms. The predicted molar refractivity (Wildman–Crippen MR) is 47.9 cm³/mol. The molecular weight excluding hydrogens is 179 g/mol. The number of ether oxygens (including phenoxy) is 1. The highest BCUT2D eigenvalue weighted by atomic mass is 35.5. The zero-order chi connectivity index (χ0) is 8.97. The van der Waals surface area contributed by atoms with Gasteiger partial charge in [0, 0.05) is 0 Å². The van der Waals surface area contributed by atoms with Gasteiger partial charge in [0.1, 0.15) is 5.75 Å². The second-order valence-corrected chi connectivity index (χ2v) is 2.57. The maximum absolute atomic E-state index is 12.2. The summed E-state index contributed by atoms with van der Waals surface area (Å²) in [6.07, 6.45) is 1.24. The van der Waals surface area contributed by atoms with E-state index in [9.17, 15) is 4.39 Å². The molecule has 3 heteroatoms. The van der Waals surface area contributed by atoms with Crippen molar-refractivity contribution in [2.45, 2.75) is 0 Å². The molecule has 1 nitrogen and oxygen atoms in total. The van der Waals surface area contributed by atoms with E-state index in [-0.39, 0.29) is 0 Å². The molecule has 0 aromatic heterocycles. The van der Waals surface area contributed by atoms with E-state index >= 15 is 0 Å². The zero-order valence-corrected chi connectivity index (χ0v) is 7.31. The first-order chi connectivity index (χ1) is 5.72. The summed E-state index contributed by atoms with van der Waals surface area (Å²) in [5.74, 6) is 0.738. The van der Waals surface area contributed by atoms with Crippen molar-refractivity contribution in [3.8, 4) is 5.75 Å². The molecule has 0 heterocycles. The Balaban J connectivity index is 2.85. The van der Waals surface area contributed by atoms with Crippen molar-refractivity contribution in [3.05, 3.63) is 35.1 Å². The van der Waals surface area contributed by atoms with E-state index in [1.807, 2.05) is 0 Å². The normalized spacial score (nSPS) is 11.4. The SMILES string of the molecule is COc1ccc(/C=C(/F)Cl)cc1. The predicted octanol–water partition coefficient (Wildman–Crippen LogP) is 3.20. The lowest BCUT2D eigenvalue weighted by molar-refractivity contribution is 0.415. The summed E-state index contributed by atoms with van der Waals surface area (Å²) in [6.45, 7) is 0. The van der Waals surface area contributed by atoms with Gasteiger partial charge in [-0.05, 0) is 23.8 Å². The third kappa shape index (κ3) is 2.55. The van der Waals surface area contributed by atoms with Crippen molar-refractivity contribution in [1.82, 2.24) is 0 Å². The molecule has 0 fully saturated rings. The van der Waals surface area contributed by atoms with E-state index in [0.29, 0.717) is 5.56 Å². The zero-order valence-electron chi connectivity index (χ0n) is 6.55. The van der Waals surface area contributed by atoms with Crippen LogP contribution in [0.5, 0.6) is 5.75 Å². The molecule has 0 saturated heterocycles. The van der Waals surface area contributed by atoms with Crippen molar-refractivity contribution in [3.63, 3.8) is 0 Å². The van der Waals surface area contributed by atoms with Crippen molar-refractivity contribution < 1.29 is 9.13 Å². The third-order valence-corrected chi connectivity index (χ3v) is 1.50. The molecule has 0 aliphatic heterocycles. The van der Waals surface area contributed by atoms with Gasteiger partial charge in [0.15, 0.2) is 5.29 Å². The standard InChI is InChI=1S/C9H8ClFO/c1-12-8-4-2-7(3-5-8)6-9(10)11/h2-6H,1H3/b9-6+. The molecule has 0 atom stereocenters. The molecule has 1 aromatic rings. The molecule has 0 bridgehead atoms. The molecule has 0 spiro atoms. The number of methoxy groups -OCH3 is 1. The van der Waals surface area contributed by atoms with Gasteiger partial charge in [-0.2, -0.15) is 4.39 Å². The number of hydrogen-bond donors (Lipinski definition) is 0. The molecule has 64 valence electrons. The van der Waals surface area contributed by atoms with E-state index in [1.54, 1.807) is 31.4 Å². The minimum Gasteiger partial charge on any atom is -0.497 e. The Bertz CT molecular complexity index is 275. The second kappa shape index (κ2) is 4.12. The van der Waals surface area contributed by atoms with Crippen LogP contribution < -0.4 is 4.74 Å². The van der Waals surface area contributed by atoms with E-state index < -0.39 is 5.29 Å². The van der Waals surface area contributed by atoms with Gasteiger partial charge in [0.05, 0.1) is 7.11 Å². The van der Waals surface area contributed by atoms with Crippen molar-refractivity contribution in [2.24, 2.45) is 0 Å². The highest BCUT2D eigenvalue weighted by Crippen LogP contribution is 2.15. The fourth-order valence-corrected chi connectivity index (χ4v) is 0.952. The van der Waals surface area contributed by atoms with Crippen molar-refractivity contribution in [2.75, 3.05) is 7.11 Å². The quantitative estimate of drug-likeness (QED) is 0.689. The largest absolute Gasteiger partial charge is 0.497 e. The Labute approximate surface area is 75.4 Å². The Morgan fingerprint density at radius 1 is 1.42 bits per heavy atom. The van der Waals surface area contributed by atoms with E-state index in [4.69, 9.17) is 16.3 Å². The maximum Gasteiger partial charge on any atom is 0.189 e. The van der Waals surface area contributed by atoms with Crippen molar-refractivity contribution >= 4 is 17.7 Å². The molecule has 0 N–H and O–H groups in total. The Morgan fingerprint density at radius 3 is 2.42 bits per heavy atom. The van der Waals surface area contributed by atoms with Crippen LogP contribution in [-0.2, 0) is 0 Å². The topological polar surface area (TPSA) is 9.23 Å². The van der Waals surface area contributed by atoms with Crippen LogP contribution in [-0.4, -0.2) is 7.11 Å². The first kappa shape index (κ1) is 9.07. The Hall–Kier alpha value is -1.02. The summed E-state index contributed by atoms with van der Waals surface area (Å²) in [6, 6.07) is 6.93.